The average Bonchev–Trinajstić information content (AvgIpc) is 2.79. The molecule has 0 saturated carbocycles. The number of hydrogen-bond donors (Lipinski definition) is 2. The van der Waals surface area contributed by atoms with Gasteiger partial charge in [-0.2, -0.15) is 0 Å². The van der Waals surface area contributed by atoms with Crippen LogP contribution in [0.4, 0.5) is 4.79 Å². The first-order valence-corrected chi connectivity index (χ1v) is 10.7. The van der Waals surface area contributed by atoms with E-state index in [-0.39, 0.29) is 37.5 Å². The van der Waals surface area contributed by atoms with Gasteiger partial charge in [0.25, 0.3) is 0 Å². The number of pyridine rings is 1. The van der Waals surface area contributed by atoms with Crippen LogP contribution in [0.5, 0.6) is 0 Å². The van der Waals surface area contributed by atoms with Crippen LogP contribution in [0, 0.1) is 0 Å². The van der Waals surface area contributed by atoms with Crippen LogP contribution in [0.2, 0.25) is 5.02 Å². The van der Waals surface area contributed by atoms with E-state index in [1.54, 1.807) is 24.4 Å². The van der Waals surface area contributed by atoms with Crippen molar-refractivity contribution in [1.29, 1.82) is 0 Å². The van der Waals surface area contributed by atoms with Crippen LogP contribution in [0.15, 0.2) is 48.7 Å². The van der Waals surface area contributed by atoms with E-state index >= 15 is 0 Å². The molecular formula is C22H24ClN5O3. The molecule has 162 valence electrons. The zero-order valence-corrected chi connectivity index (χ0v) is 17.7. The second-order valence-corrected chi connectivity index (χ2v) is 8.07. The third-order valence-corrected chi connectivity index (χ3v) is 6.00. The van der Waals surface area contributed by atoms with Crippen LogP contribution in [-0.2, 0) is 22.7 Å². The third-order valence-electron chi connectivity index (χ3n) is 5.63. The van der Waals surface area contributed by atoms with E-state index in [0.717, 1.165) is 12.0 Å². The van der Waals surface area contributed by atoms with Crippen molar-refractivity contribution in [1.82, 2.24) is 25.4 Å². The monoisotopic (exact) mass is 441 g/mol. The van der Waals surface area contributed by atoms with Gasteiger partial charge in [0.1, 0.15) is 12.6 Å². The van der Waals surface area contributed by atoms with Gasteiger partial charge in [-0.15, -0.1) is 0 Å². The maximum Gasteiger partial charge on any atom is 0.327 e. The normalized spacial score (nSPS) is 21.1. The Morgan fingerprint density at radius 2 is 2.00 bits per heavy atom. The van der Waals surface area contributed by atoms with Gasteiger partial charge in [-0.25, -0.2) is 4.79 Å². The first kappa shape index (κ1) is 21.3. The van der Waals surface area contributed by atoms with E-state index in [1.165, 1.54) is 9.80 Å². The van der Waals surface area contributed by atoms with Gasteiger partial charge in [-0.1, -0.05) is 35.9 Å². The number of carbonyl (C=O) groups excluding carboxylic acids is 3. The van der Waals surface area contributed by atoms with Gasteiger partial charge in [-0.05, 0) is 43.1 Å². The molecule has 0 radical (unpaired) electrons. The second-order valence-electron chi connectivity index (χ2n) is 7.67. The Labute approximate surface area is 185 Å². The summed E-state index contributed by atoms with van der Waals surface area (Å²) in [6, 6.07) is 11.3. The van der Waals surface area contributed by atoms with Crippen molar-refractivity contribution >= 4 is 29.4 Å². The zero-order valence-electron chi connectivity index (χ0n) is 17.0. The number of halogens is 1. The molecule has 2 N–H and O–H groups in total. The number of imide groups is 1. The summed E-state index contributed by atoms with van der Waals surface area (Å²) in [6.45, 7) is 0.911. The topological polar surface area (TPSA) is 94.6 Å². The molecule has 2 unspecified atom stereocenters. The summed E-state index contributed by atoms with van der Waals surface area (Å²) in [6.07, 6.45) is 3.12. The number of amides is 4. The summed E-state index contributed by atoms with van der Waals surface area (Å²) in [4.78, 5) is 45.9. The molecule has 31 heavy (non-hydrogen) atoms. The molecule has 2 aromatic rings. The van der Waals surface area contributed by atoms with Gasteiger partial charge >= 0.3 is 6.03 Å². The Bertz CT molecular complexity index is 971. The lowest BCUT2D eigenvalue weighted by Crippen LogP contribution is -2.70. The summed E-state index contributed by atoms with van der Waals surface area (Å²) < 4.78 is 0. The summed E-state index contributed by atoms with van der Waals surface area (Å²) in [5.74, 6) is -0.571. The highest BCUT2D eigenvalue weighted by Gasteiger charge is 2.47. The molecule has 1 aromatic heterocycles. The lowest BCUT2D eigenvalue weighted by Gasteiger charge is -2.46. The van der Waals surface area contributed by atoms with Crippen molar-refractivity contribution in [3.05, 3.63) is 64.9 Å². The highest BCUT2D eigenvalue weighted by atomic mass is 35.5. The number of nitrogens with zero attached hydrogens (tertiary/aromatic N) is 3. The van der Waals surface area contributed by atoms with Gasteiger partial charge in [0.15, 0.2) is 0 Å². The zero-order chi connectivity index (χ0) is 21.8. The first-order valence-electron chi connectivity index (χ1n) is 10.3. The SMILES string of the molecule is O=C(CN1C(=O)N(Cc2ccccn2)C(=O)C2NCCCC21)NCc1ccccc1Cl. The van der Waals surface area contributed by atoms with Gasteiger partial charge < -0.3 is 15.5 Å². The minimum absolute atomic E-state index is 0.0706. The number of fused-ring (bicyclic) bond motifs is 1. The number of benzene rings is 1. The molecule has 9 heteroatoms. The van der Waals surface area contributed by atoms with E-state index in [1.807, 2.05) is 24.3 Å². The maximum absolute atomic E-state index is 13.2. The Balaban J connectivity index is 1.48. The molecule has 2 fully saturated rings. The molecule has 0 spiro atoms. The number of aromatic nitrogens is 1. The predicted molar refractivity (Wildman–Crippen MR) is 115 cm³/mol. The lowest BCUT2D eigenvalue weighted by atomic mass is 9.93. The van der Waals surface area contributed by atoms with E-state index in [4.69, 9.17) is 11.6 Å². The van der Waals surface area contributed by atoms with Crippen LogP contribution in [-0.4, -0.2) is 57.8 Å². The highest BCUT2D eigenvalue weighted by Crippen LogP contribution is 2.25. The molecular weight excluding hydrogens is 418 g/mol. The highest BCUT2D eigenvalue weighted by molar-refractivity contribution is 6.31. The molecule has 0 bridgehead atoms. The number of urea groups is 1. The van der Waals surface area contributed by atoms with Crippen molar-refractivity contribution in [2.45, 2.75) is 38.0 Å². The van der Waals surface area contributed by atoms with Crippen LogP contribution >= 0.6 is 11.6 Å². The summed E-state index contributed by atoms with van der Waals surface area (Å²) in [5, 5.41) is 6.62. The Kier molecular flexibility index (Phi) is 6.48. The molecule has 2 aliphatic heterocycles. The van der Waals surface area contributed by atoms with Crippen molar-refractivity contribution in [3.8, 4) is 0 Å². The van der Waals surface area contributed by atoms with E-state index < -0.39 is 12.1 Å². The largest absolute Gasteiger partial charge is 0.350 e. The van der Waals surface area contributed by atoms with Crippen LogP contribution in [0.1, 0.15) is 24.1 Å². The minimum atomic E-state index is -0.522. The van der Waals surface area contributed by atoms with Crippen molar-refractivity contribution in [3.63, 3.8) is 0 Å². The van der Waals surface area contributed by atoms with Crippen molar-refractivity contribution in [2.24, 2.45) is 0 Å². The smallest absolute Gasteiger partial charge is 0.327 e. The number of rotatable bonds is 6. The molecule has 4 rings (SSSR count). The third kappa shape index (κ3) is 4.70. The number of nitrogens with one attached hydrogen (secondary N) is 2. The van der Waals surface area contributed by atoms with E-state index in [2.05, 4.69) is 15.6 Å². The molecule has 8 nitrogen and oxygen atoms in total. The van der Waals surface area contributed by atoms with E-state index in [0.29, 0.717) is 23.7 Å². The first-order chi connectivity index (χ1) is 15.0. The summed E-state index contributed by atoms with van der Waals surface area (Å²) in [5.41, 5.74) is 1.41. The van der Waals surface area contributed by atoms with Crippen LogP contribution in [0.3, 0.4) is 0 Å². The van der Waals surface area contributed by atoms with E-state index in [9.17, 15) is 14.4 Å². The van der Waals surface area contributed by atoms with Crippen LogP contribution < -0.4 is 10.6 Å². The van der Waals surface area contributed by atoms with Crippen LogP contribution in [0.25, 0.3) is 0 Å². The summed E-state index contributed by atoms with van der Waals surface area (Å²) >= 11 is 6.15. The van der Waals surface area contributed by atoms with Crippen molar-refractivity contribution in [2.75, 3.05) is 13.1 Å². The molecule has 2 atom stereocenters. The molecule has 2 aliphatic rings. The van der Waals surface area contributed by atoms with Crippen molar-refractivity contribution < 1.29 is 14.4 Å². The fourth-order valence-electron chi connectivity index (χ4n) is 4.05. The van der Waals surface area contributed by atoms with Gasteiger partial charge in [0.05, 0.1) is 18.3 Å². The lowest BCUT2D eigenvalue weighted by molar-refractivity contribution is -0.139. The maximum atomic E-state index is 13.2. The van der Waals surface area contributed by atoms with Gasteiger partial charge in [0.2, 0.25) is 11.8 Å². The number of hydrogen-bond acceptors (Lipinski definition) is 5. The molecule has 0 aliphatic carbocycles. The number of piperidine rings is 1. The predicted octanol–water partition coefficient (Wildman–Crippen LogP) is 1.94. The fraction of sp³-hybridized carbons (Fsp3) is 0.364. The molecule has 4 amide bonds. The summed E-state index contributed by atoms with van der Waals surface area (Å²) in [7, 11) is 0. The molecule has 1 aromatic carbocycles. The molecule has 2 saturated heterocycles. The van der Waals surface area contributed by atoms with Gasteiger partial charge in [0, 0.05) is 17.8 Å². The standard InChI is InChI=1S/C22H24ClN5O3/c23-17-8-2-1-6-15(17)12-26-19(29)14-27-18-9-5-11-25-20(18)21(30)28(22(27)31)13-16-7-3-4-10-24-16/h1-4,6-8,10,18,20,25H,5,9,11-14H2,(H,26,29). The minimum Gasteiger partial charge on any atom is -0.350 e. The Morgan fingerprint density at radius 1 is 1.19 bits per heavy atom. The molecule has 3 heterocycles. The quantitative estimate of drug-likeness (QED) is 0.714. The van der Waals surface area contributed by atoms with Gasteiger partial charge in [-0.3, -0.25) is 19.5 Å². The number of carbonyl (C=O) groups is 3. The Hall–Kier alpha value is -2.97. The Morgan fingerprint density at radius 3 is 2.77 bits per heavy atom. The average molecular weight is 442 g/mol. The second kappa shape index (κ2) is 9.45. The fourth-order valence-corrected chi connectivity index (χ4v) is 4.25.